The van der Waals surface area contributed by atoms with E-state index in [0.29, 0.717) is 17.0 Å². The summed E-state index contributed by atoms with van der Waals surface area (Å²) in [5.74, 6) is -2.15. The average Bonchev–Trinajstić information content (AvgIpc) is 2.64. The maximum absolute atomic E-state index is 12.7. The Morgan fingerprint density at radius 1 is 1.26 bits per heavy atom. The largest absolute Gasteiger partial charge is 0.466 e. The van der Waals surface area contributed by atoms with Crippen LogP contribution in [0.3, 0.4) is 0 Å². The number of ether oxygens (including phenoxy) is 2. The van der Waals surface area contributed by atoms with Crippen LogP contribution in [0.4, 0.5) is 5.69 Å². The van der Waals surface area contributed by atoms with Crippen molar-refractivity contribution in [3.63, 3.8) is 0 Å². The molecule has 2 rings (SSSR count). The van der Waals surface area contributed by atoms with E-state index in [0.717, 1.165) is 0 Å². The van der Waals surface area contributed by atoms with Gasteiger partial charge < -0.3 is 14.8 Å². The number of rotatable bonds is 6. The van der Waals surface area contributed by atoms with E-state index < -0.39 is 22.8 Å². The molecule has 0 bridgehead atoms. The average molecular weight is 372 g/mol. The number of non-ortho nitro benzene ring substituents is 1. The third-order valence-electron chi connectivity index (χ3n) is 4.13. The molecule has 0 radical (unpaired) electrons. The Labute approximate surface area is 156 Å². The molecule has 1 aromatic carbocycles. The number of nitro benzene ring substituents is 1. The number of carbonyl (C=O) groups excluding carboxylic acids is 2. The van der Waals surface area contributed by atoms with Crippen molar-refractivity contribution in [2.75, 3.05) is 13.7 Å². The van der Waals surface area contributed by atoms with Crippen LogP contribution in [-0.4, -0.2) is 30.6 Å². The second kappa shape index (κ2) is 8.31. The number of nitrogens with one attached hydrogen (secondary N) is 1. The van der Waals surface area contributed by atoms with E-state index >= 15 is 0 Å². The van der Waals surface area contributed by atoms with Crippen molar-refractivity contribution in [1.29, 1.82) is 0 Å². The molecule has 0 saturated heterocycles. The Kier molecular flexibility index (Phi) is 6.12. The number of hydrogen-bond acceptors (Lipinski definition) is 7. The Bertz CT molecular complexity index is 869. The van der Waals surface area contributed by atoms with E-state index in [1.165, 1.54) is 31.4 Å². The van der Waals surface area contributed by atoms with Crippen molar-refractivity contribution in [3.8, 4) is 0 Å². The quantitative estimate of drug-likeness (QED) is 0.354. The number of nitrogens with zero attached hydrogens (tertiary/aromatic N) is 1. The van der Waals surface area contributed by atoms with Crippen LogP contribution in [0, 0.1) is 10.1 Å². The van der Waals surface area contributed by atoms with Gasteiger partial charge in [0, 0.05) is 23.5 Å². The van der Waals surface area contributed by atoms with Crippen LogP contribution >= 0.6 is 0 Å². The van der Waals surface area contributed by atoms with Crippen LogP contribution in [0.15, 0.2) is 59.5 Å². The minimum Gasteiger partial charge on any atom is -0.466 e. The summed E-state index contributed by atoms with van der Waals surface area (Å²) in [5.41, 5.74) is 1.62. The third kappa shape index (κ3) is 4.05. The van der Waals surface area contributed by atoms with Gasteiger partial charge in [0.15, 0.2) is 0 Å². The lowest BCUT2D eigenvalue weighted by Crippen LogP contribution is -2.32. The van der Waals surface area contributed by atoms with Crippen LogP contribution in [-0.2, 0) is 19.1 Å². The second-order valence-corrected chi connectivity index (χ2v) is 5.87. The molecule has 0 saturated carbocycles. The van der Waals surface area contributed by atoms with E-state index in [4.69, 9.17) is 9.47 Å². The van der Waals surface area contributed by atoms with Gasteiger partial charge in [-0.25, -0.2) is 9.59 Å². The number of dihydropyridines is 1. The summed E-state index contributed by atoms with van der Waals surface area (Å²) in [6.07, 6.45) is 1.43. The fourth-order valence-electron chi connectivity index (χ4n) is 3.01. The van der Waals surface area contributed by atoms with Gasteiger partial charge in [0.2, 0.25) is 0 Å². The summed E-state index contributed by atoms with van der Waals surface area (Å²) >= 11 is 0. The fourth-order valence-corrected chi connectivity index (χ4v) is 3.01. The van der Waals surface area contributed by atoms with E-state index in [2.05, 4.69) is 11.9 Å². The van der Waals surface area contributed by atoms with E-state index in [1.807, 2.05) is 0 Å². The minimum absolute atomic E-state index is 0.00642. The van der Waals surface area contributed by atoms with Gasteiger partial charge in [0.05, 0.1) is 29.1 Å². The lowest BCUT2D eigenvalue weighted by Gasteiger charge is -2.30. The molecule has 0 amide bonds. The maximum atomic E-state index is 12.7. The zero-order chi connectivity index (χ0) is 20.1. The molecule has 1 aromatic rings. The van der Waals surface area contributed by atoms with Gasteiger partial charge in [-0.15, -0.1) is 0 Å². The summed E-state index contributed by atoms with van der Waals surface area (Å²) in [7, 11) is 1.23. The first-order valence-corrected chi connectivity index (χ1v) is 8.11. The monoisotopic (exact) mass is 372 g/mol. The highest BCUT2D eigenvalue weighted by Gasteiger charge is 2.38. The molecule has 27 heavy (non-hydrogen) atoms. The topological polar surface area (TPSA) is 108 Å². The van der Waals surface area contributed by atoms with Crippen LogP contribution in [0.25, 0.3) is 0 Å². The predicted octanol–water partition coefficient (Wildman–Crippen LogP) is 2.73. The Hall–Kier alpha value is -3.42. The Morgan fingerprint density at radius 2 is 1.89 bits per heavy atom. The Morgan fingerprint density at radius 3 is 2.44 bits per heavy atom. The van der Waals surface area contributed by atoms with Gasteiger partial charge >= 0.3 is 11.9 Å². The van der Waals surface area contributed by atoms with Gasteiger partial charge in [-0.2, -0.15) is 0 Å². The summed E-state index contributed by atoms with van der Waals surface area (Å²) < 4.78 is 10.0. The summed E-state index contributed by atoms with van der Waals surface area (Å²) in [5, 5.41) is 14.2. The molecule has 142 valence electrons. The number of allylic oxidation sites excluding steroid dienone is 2. The first kappa shape index (κ1) is 19.9. The first-order valence-electron chi connectivity index (χ1n) is 8.11. The van der Waals surface area contributed by atoms with Crippen LogP contribution in [0.1, 0.15) is 25.3 Å². The highest BCUT2D eigenvalue weighted by molar-refractivity contribution is 5.99. The number of carbonyl (C=O) groups is 2. The van der Waals surface area contributed by atoms with Crippen molar-refractivity contribution in [1.82, 2.24) is 5.32 Å². The zero-order valence-electron chi connectivity index (χ0n) is 15.3. The lowest BCUT2D eigenvalue weighted by molar-refractivity contribution is -0.384. The SMILES string of the molecule is C=CCOC(=O)C1=C(C)NC(C)=C(C(=O)OC)[C@@H]1c1cccc([N+](=O)[O-])c1. The van der Waals surface area contributed by atoms with Gasteiger partial charge in [-0.1, -0.05) is 24.8 Å². The van der Waals surface area contributed by atoms with Crippen LogP contribution in [0.5, 0.6) is 0 Å². The standard InChI is InChI=1S/C19H20N2O6/c1-5-9-27-19(23)16-12(3)20-11(2)15(18(22)26-4)17(16)13-7-6-8-14(10-13)21(24)25/h5-8,10,17,20H,1,9H2,2-4H3/t17-/m0/s1. The molecule has 0 spiro atoms. The van der Waals surface area contributed by atoms with Gasteiger partial charge in [-0.05, 0) is 19.4 Å². The molecule has 1 atom stereocenters. The van der Waals surface area contributed by atoms with Crippen molar-refractivity contribution in [2.45, 2.75) is 19.8 Å². The number of hydrogen-bond donors (Lipinski definition) is 1. The molecule has 0 aromatic heterocycles. The molecule has 1 N–H and O–H groups in total. The number of esters is 2. The number of nitro groups is 1. The van der Waals surface area contributed by atoms with Crippen molar-refractivity contribution in [3.05, 3.63) is 75.1 Å². The van der Waals surface area contributed by atoms with Crippen LogP contribution < -0.4 is 5.32 Å². The predicted molar refractivity (Wildman–Crippen MR) is 97.5 cm³/mol. The second-order valence-electron chi connectivity index (χ2n) is 5.87. The van der Waals surface area contributed by atoms with Gasteiger partial charge in [-0.3, -0.25) is 10.1 Å². The van der Waals surface area contributed by atoms with Crippen LogP contribution in [0.2, 0.25) is 0 Å². The Balaban J connectivity index is 2.67. The molecule has 0 unspecified atom stereocenters. The molecule has 1 aliphatic rings. The molecule has 0 aliphatic carbocycles. The molecule has 1 heterocycles. The van der Waals surface area contributed by atoms with Gasteiger partial charge in [0.25, 0.3) is 5.69 Å². The minimum atomic E-state index is -0.865. The molecule has 8 nitrogen and oxygen atoms in total. The number of benzene rings is 1. The maximum Gasteiger partial charge on any atom is 0.337 e. The van der Waals surface area contributed by atoms with Crippen molar-refractivity contribution in [2.24, 2.45) is 0 Å². The fraction of sp³-hybridized carbons (Fsp3) is 0.263. The smallest absolute Gasteiger partial charge is 0.337 e. The molecule has 1 aliphatic heterocycles. The summed E-state index contributed by atoms with van der Waals surface area (Å²) in [6, 6.07) is 5.79. The molecular weight excluding hydrogens is 352 g/mol. The molecule has 8 heteroatoms. The molecular formula is C19H20N2O6. The van der Waals surface area contributed by atoms with E-state index in [1.54, 1.807) is 19.9 Å². The third-order valence-corrected chi connectivity index (χ3v) is 4.13. The zero-order valence-corrected chi connectivity index (χ0v) is 15.3. The summed E-state index contributed by atoms with van der Waals surface area (Å²) in [6.45, 7) is 6.85. The normalized spacial score (nSPS) is 16.5. The van der Waals surface area contributed by atoms with Crippen molar-refractivity contribution < 1.29 is 24.0 Å². The first-order chi connectivity index (χ1) is 12.8. The molecule has 0 fully saturated rings. The summed E-state index contributed by atoms with van der Waals surface area (Å²) in [4.78, 5) is 35.7. The van der Waals surface area contributed by atoms with Crippen molar-refractivity contribution >= 4 is 17.6 Å². The lowest BCUT2D eigenvalue weighted by atomic mass is 9.80. The van der Waals surface area contributed by atoms with Gasteiger partial charge in [0.1, 0.15) is 6.61 Å². The number of methoxy groups -OCH3 is 1. The van der Waals surface area contributed by atoms with E-state index in [9.17, 15) is 19.7 Å². The highest BCUT2D eigenvalue weighted by Crippen LogP contribution is 2.40. The highest BCUT2D eigenvalue weighted by atomic mass is 16.6. The van der Waals surface area contributed by atoms with E-state index in [-0.39, 0.29) is 23.4 Å².